The number of thioether (sulfide) groups is 2. The summed E-state index contributed by atoms with van der Waals surface area (Å²) in [5, 5.41) is 13.3. The molecule has 0 radical (unpaired) electrons. The van der Waals surface area contributed by atoms with E-state index in [0.29, 0.717) is 6.04 Å². The standard InChI is InChI=1S/C12H21NO2S2/c14-12(15)9-2-1-3-10(6-9)13-7-11-8-16-4-5-17-11/h9-11,13H,1-8H2,(H,14,15). The molecule has 1 saturated heterocycles. The van der Waals surface area contributed by atoms with Crippen LogP contribution in [0.1, 0.15) is 25.7 Å². The van der Waals surface area contributed by atoms with Crippen LogP contribution in [-0.2, 0) is 4.79 Å². The van der Waals surface area contributed by atoms with Gasteiger partial charge in [-0.1, -0.05) is 6.42 Å². The van der Waals surface area contributed by atoms with E-state index in [1.807, 2.05) is 11.8 Å². The molecule has 3 nitrogen and oxygen atoms in total. The smallest absolute Gasteiger partial charge is 0.306 e. The predicted molar refractivity (Wildman–Crippen MR) is 75.0 cm³/mol. The molecule has 0 bridgehead atoms. The number of carboxylic acid groups (broad SMARTS) is 1. The van der Waals surface area contributed by atoms with E-state index in [1.165, 1.54) is 17.3 Å². The van der Waals surface area contributed by atoms with Crippen LogP contribution in [0.25, 0.3) is 0 Å². The Bertz CT molecular complexity index is 257. The molecule has 2 fully saturated rings. The minimum absolute atomic E-state index is 0.116. The third-order valence-electron chi connectivity index (χ3n) is 3.54. The fourth-order valence-corrected chi connectivity index (χ4v) is 5.18. The lowest BCUT2D eigenvalue weighted by Crippen LogP contribution is -2.40. The van der Waals surface area contributed by atoms with E-state index in [1.54, 1.807) is 0 Å². The lowest BCUT2D eigenvalue weighted by atomic mass is 9.86. The van der Waals surface area contributed by atoms with Crippen LogP contribution in [0.15, 0.2) is 0 Å². The van der Waals surface area contributed by atoms with Crippen molar-refractivity contribution >= 4 is 29.5 Å². The maximum atomic E-state index is 11.0. The van der Waals surface area contributed by atoms with Gasteiger partial charge in [0.15, 0.2) is 0 Å². The molecule has 1 aliphatic heterocycles. The Hall–Kier alpha value is 0.130. The number of hydrogen-bond acceptors (Lipinski definition) is 4. The second kappa shape index (κ2) is 6.90. The van der Waals surface area contributed by atoms with Gasteiger partial charge in [-0.3, -0.25) is 4.79 Å². The second-order valence-electron chi connectivity index (χ2n) is 4.87. The zero-order valence-corrected chi connectivity index (χ0v) is 11.7. The first-order valence-electron chi connectivity index (χ1n) is 6.41. The van der Waals surface area contributed by atoms with Gasteiger partial charge in [0.2, 0.25) is 0 Å². The fraction of sp³-hybridized carbons (Fsp3) is 0.917. The van der Waals surface area contributed by atoms with Crippen molar-refractivity contribution in [3.63, 3.8) is 0 Å². The van der Waals surface area contributed by atoms with Crippen molar-refractivity contribution in [2.24, 2.45) is 5.92 Å². The van der Waals surface area contributed by atoms with Gasteiger partial charge in [0.05, 0.1) is 5.92 Å². The molecule has 0 aromatic heterocycles. The molecule has 2 N–H and O–H groups in total. The van der Waals surface area contributed by atoms with Crippen LogP contribution in [0.3, 0.4) is 0 Å². The summed E-state index contributed by atoms with van der Waals surface area (Å²) in [6.45, 7) is 1.05. The lowest BCUT2D eigenvalue weighted by molar-refractivity contribution is -0.143. The molecule has 0 aromatic carbocycles. The van der Waals surface area contributed by atoms with Crippen molar-refractivity contribution in [1.29, 1.82) is 0 Å². The Balaban J connectivity index is 1.69. The molecule has 1 saturated carbocycles. The van der Waals surface area contributed by atoms with Crippen LogP contribution in [0, 0.1) is 5.92 Å². The summed E-state index contributed by atoms with van der Waals surface area (Å²) in [5.41, 5.74) is 0. The largest absolute Gasteiger partial charge is 0.481 e. The van der Waals surface area contributed by atoms with Gasteiger partial charge in [-0.2, -0.15) is 23.5 Å². The van der Waals surface area contributed by atoms with Gasteiger partial charge in [0.1, 0.15) is 0 Å². The summed E-state index contributed by atoms with van der Waals surface area (Å²) >= 11 is 4.10. The molecule has 0 amide bonds. The minimum atomic E-state index is -0.612. The number of rotatable bonds is 4. The highest BCUT2D eigenvalue weighted by Crippen LogP contribution is 2.26. The number of aliphatic carboxylic acids is 1. The highest BCUT2D eigenvalue weighted by molar-refractivity contribution is 8.06. The zero-order valence-electron chi connectivity index (χ0n) is 10.1. The molecule has 2 aliphatic rings. The summed E-state index contributed by atoms with van der Waals surface area (Å²) in [6.07, 6.45) is 3.89. The molecule has 98 valence electrons. The van der Waals surface area contributed by atoms with Crippen LogP contribution < -0.4 is 5.32 Å². The van der Waals surface area contributed by atoms with Gasteiger partial charge in [0.25, 0.3) is 0 Å². The maximum Gasteiger partial charge on any atom is 0.306 e. The normalized spacial score (nSPS) is 34.5. The van der Waals surface area contributed by atoms with Crippen LogP contribution in [0.2, 0.25) is 0 Å². The van der Waals surface area contributed by atoms with Crippen LogP contribution in [0.4, 0.5) is 0 Å². The van der Waals surface area contributed by atoms with E-state index in [-0.39, 0.29) is 5.92 Å². The molecular weight excluding hydrogens is 254 g/mol. The first-order valence-corrected chi connectivity index (χ1v) is 8.61. The quantitative estimate of drug-likeness (QED) is 0.822. The van der Waals surface area contributed by atoms with Gasteiger partial charge < -0.3 is 10.4 Å². The Morgan fingerprint density at radius 2 is 2.24 bits per heavy atom. The number of carboxylic acids is 1. The number of carbonyl (C=O) groups is 1. The summed E-state index contributed by atoms with van der Waals surface area (Å²) < 4.78 is 0. The van der Waals surface area contributed by atoms with Crippen molar-refractivity contribution < 1.29 is 9.90 Å². The Kier molecular flexibility index (Phi) is 5.50. The van der Waals surface area contributed by atoms with Crippen molar-refractivity contribution in [2.45, 2.75) is 37.0 Å². The van der Waals surface area contributed by atoms with Gasteiger partial charge in [0, 0.05) is 35.1 Å². The topological polar surface area (TPSA) is 49.3 Å². The van der Waals surface area contributed by atoms with E-state index in [0.717, 1.165) is 37.5 Å². The van der Waals surface area contributed by atoms with Crippen LogP contribution >= 0.6 is 23.5 Å². The third-order valence-corrected chi connectivity index (χ3v) is 6.39. The molecule has 3 unspecified atom stereocenters. The summed E-state index contributed by atoms with van der Waals surface area (Å²) in [4.78, 5) is 11.0. The molecule has 3 atom stereocenters. The minimum Gasteiger partial charge on any atom is -0.481 e. The average molecular weight is 275 g/mol. The summed E-state index contributed by atoms with van der Waals surface area (Å²) in [5.74, 6) is 3.06. The van der Waals surface area contributed by atoms with Gasteiger partial charge >= 0.3 is 5.97 Å². The first-order chi connectivity index (χ1) is 8.25. The Labute approximate surface area is 111 Å². The Morgan fingerprint density at radius 3 is 2.94 bits per heavy atom. The molecule has 0 aromatic rings. The molecule has 5 heteroatoms. The molecule has 0 spiro atoms. The third kappa shape index (κ3) is 4.38. The van der Waals surface area contributed by atoms with Gasteiger partial charge in [-0.15, -0.1) is 0 Å². The molecule has 1 heterocycles. The monoisotopic (exact) mass is 275 g/mol. The van der Waals surface area contributed by atoms with Crippen molar-refractivity contribution in [3.05, 3.63) is 0 Å². The van der Waals surface area contributed by atoms with Crippen molar-refractivity contribution in [1.82, 2.24) is 5.32 Å². The molecule has 1 aliphatic carbocycles. The number of nitrogens with one attached hydrogen (secondary N) is 1. The van der Waals surface area contributed by atoms with E-state index < -0.39 is 5.97 Å². The summed E-state index contributed by atoms with van der Waals surface area (Å²) in [6, 6.07) is 0.428. The van der Waals surface area contributed by atoms with Gasteiger partial charge in [-0.25, -0.2) is 0 Å². The lowest BCUT2D eigenvalue weighted by Gasteiger charge is -2.30. The first kappa shape index (κ1) is 13.6. The molecular formula is C12H21NO2S2. The average Bonchev–Trinajstić information content (AvgIpc) is 2.38. The SMILES string of the molecule is O=C(O)C1CCCC(NCC2CSCCS2)C1. The fourth-order valence-electron chi connectivity index (χ4n) is 2.55. The van der Waals surface area contributed by atoms with Crippen molar-refractivity contribution in [3.8, 4) is 0 Å². The van der Waals surface area contributed by atoms with E-state index >= 15 is 0 Å². The van der Waals surface area contributed by atoms with E-state index in [9.17, 15) is 4.79 Å². The molecule has 2 rings (SSSR count). The van der Waals surface area contributed by atoms with Crippen molar-refractivity contribution in [2.75, 3.05) is 23.8 Å². The van der Waals surface area contributed by atoms with E-state index in [2.05, 4.69) is 17.1 Å². The summed E-state index contributed by atoms with van der Waals surface area (Å²) in [7, 11) is 0. The molecule has 17 heavy (non-hydrogen) atoms. The van der Waals surface area contributed by atoms with Crippen LogP contribution in [0.5, 0.6) is 0 Å². The highest BCUT2D eigenvalue weighted by Gasteiger charge is 2.27. The Morgan fingerprint density at radius 1 is 1.35 bits per heavy atom. The van der Waals surface area contributed by atoms with Gasteiger partial charge in [-0.05, 0) is 19.3 Å². The zero-order chi connectivity index (χ0) is 12.1. The maximum absolute atomic E-state index is 11.0. The van der Waals surface area contributed by atoms with Crippen LogP contribution in [-0.4, -0.2) is 46.2 Å². The second-order valence-corrected chi connectivity index (χ2v) is 7.43. The van der Waals surface area contributed by atoms with E-state index in [4.69, 9.17) is 5.11 Å². The highest BCUT2D eigenvalue weighted by atomic mass is 32.2. The predicted octanol–water partition coefficient (Wildman–Crippen LogP) is 2.07. The number of hydrogen-bond donors (Lipinski definition) is 2.